The van der Waals surface area contributed by atoms with Gasteiger partial charge in [0.15, 0.2) is 5.82 Å². The van der Waals surface area contributed by atoms with Gasteiger partial charge in [-0.1, -0.05) is 6.07 Å². The van der Waals surface area contributed by atoms with Crippen LogP contribution in [0.1, 0.15) is 17.1 Å². The summed E-state index contributed by atoms with van der Waals surface area (Å²) in [6, 6.07) is 9.81. The lowest BCUT2D eigenvalue weighted by Gasteiger charge is -2.17. The zero-order chi connectivity index (χ0) is 13.0. The van der Waals surface area contributed by atoms with Crippen LogP contribution in [0.3, 0.4) is 0 Å². The highest BCUT2D eigenvalue weighted by molar-refractivity contribution is 5.36. The third kappa shape index (κ3) is 3.01. The Morgan fingerprint density at radius 2 is 1.94 bits per heavy atom. The second-order valence-corrected chi connectivity index (χ2v) is 4.21. The van der Waals surface area contributed by atoms with Crippen LogP contribution in [0.2, 0.25) is 0 Å². The standard InChI is InChI=1S/C13H17N5/c1-10-4-3-5-12(15-10)9-18(2)13-7-6-11(8-14)16-17-13/h3-7H,8-9,14H2,1-2H3. The van der Waals surface area contributed by atoms with E-state index in [-0.39, 0.29) is 0 Å². The molecule has 94 valence electrons. The Hall–Kier alpha value is -2.01. The summed E-state index contributed by atoms with van der Waals surface area (Å²) in [6.07, 6.45) is 0. The molecule has 0 bridgehead atoms. The van der Waals surface area contributed by atoms with E-state index in [2.05, 4.69) is 15.2 Å². The number of hydrogen-bond acceptors (Lipinski definition) is 5. The van der Waals surface area contributed by atoms with Crippen LogP contribution >= 0.6 is 0 Å². The number of anilines is 1. The Balaban J connectivity index is 2.09. The van der Waals surface area contributed by atoms with Gasteiger partial charge in [0.2, 0.25) is 0 Å². The normalized spacial score (nSPS) is 10.4. The zero-order valence-electron chi connectivity index (χ0n) is 10.7. The van der Waals surface area contributed by atoms with E-state index in [1.165, 1.54) is 0 Å². The third-order valence-electron chi connectivity index (χ3n) is 2.65. The fourth-order valence-corrected chi connectivity index (χ4v) is 1.68. The van der Waals surface area contributed by atoms with Crippen molar-refractivity contribution in [2.75, 3.05) is 11.9 Å². The van der Waals surface area contributed by atoms with Crippen molar-refractivity contribution in [3.8, 4) is 0 Å². The highest BCUT2D eigenvalue weighted by Crippen LogP contribution is 2.10. The van der Waals surface area contributed by atoms with Gasteiger partial charge in [0.1, 0.15) is 0 Å². The molecule has 0 unspecified atom stereocenters. The van der Waals surface area contributed by atoms with Crippen molar-refractivity contribution in [3.63, 3.8) is 0 Å². The lowest BCUT2D eigenvalue weighted by molar-refractivity contribution is 0.819. The molecule has 0 aromatic carbocycles. The molecule has 0 spiro atoms. The summed E-state index contributed by atoms with van der Waals surface area (Å²) in [6.45, 7) is 3.11. The minimum Gasteiger partial charge on any atom is -0.352 e. The monoisotopic (exact) mass is 243 g/mol. The van der Waals surface area contributed by atoms with Crippen LogP contribution in [0.4, 0.5) is 5.82 Å². The third-order valence-corrected chi connectivity index (χ3v) is 2.65. The molecule has 2 N–H and O–H groups in total. The quantitative estimate of drug-likeness (QED) is 0.876. The zero-order valence-corrected chi connectivity index (χ0v) is 10.7. The minimum absolute atomic E-state index is 0.413. The molecule has 0 fully saturated rings. The van der Waals surface area contributed by atoms with Crippen molar-refractivity contribution in [1.82, 2.24) is 15.2 Å². The number of hydrogen-bond donors (Lipinski definition) is 1. The molecular formula is C13H17N5. The molecule has 2 aromatic heterocycles. The van der Waals surface area contributed by atoms with Gasteiger partial charge in [-0.15, -0.1) is 5.10 Å². The van der Waals surface area contributed by atoms with Gasteiger partial charge in [0.25, 0.3) is 0 Å². The van der Waals surface area contributed by atoms with Crippen LogP contribution in [-0.2, 0) is 13.1 Å². The van der Waals surface area contributed by atoms with Crippen molar-refractivity contribution < 1.29 is 0 Å². The molecule has 5 heteroatoms. The number of nitrogens with two attached hydrogens (primary N) is 1. The molecule has 0 aliphatic heterocycles. The minimum atomic E-state index is 0.413. The first-order valence-corrected chi connectivity index (χ1v) is 5.85. The van der Waals surface area contributed by atoms with E-state index < -0.39 is 0 Å². The van der Waals surface area contributed by atoms with Crippen LogP contribution < -0.4 is 10.6 Å². The van der Waals surface area contributed by atoms with E-state index in [0.717, 1.165) is 22.9 Å². The first-order valence-electron chi connectivity index (χ1n) is 5.85. The topological polar surface area (TPSA) is 67.9 Å². The Kier molecular flexibility index (Phi) is 3.84. The number of nitrogens with zero attached hydrogens (tertiary/aromatic N) is 4. The fraction of sp³-hybridized carbons (Fsp3) is 0.308. The molecule has 0 atom stereocenters. The summed E-state index contributed by atoms with van der Waals surface area (Å²) in [5.74, 6) is 0.815. The van der Waals surface area contributed by atoms with Crippen molar-refractivity contribution in [2.45, 2.75) is 20.0 Å². The van der Waals surface area contributed by atoms with Gasteiger partial charge in [0, 0.05) is 19.3 Å². The van der Waals surface area contributed by atoms with Gasteiger partial charge in [-0.3, -0.25) is 4.98 Å². The Morgan fingerprint density at radius 1 is 1.11 bits per heavy atom. The van der Waals surface area contributed by atoms with Gasteiger partial charge in [-0.05, 0) is 31.2 Å². The largest absolute Gasteiger partial charge is 0.352 e. The number of aromatic nitrogens is 3. The van der Waals surface area contributed by atoms with E-state index in [1.54, 1.807) is 0 Å². The van der Waals surface area contributed by atoms with Crippen molar-refractivity contribution in [1.29, 1.82) is 0 Å². The maximum absolute atomic E-state index is 5.49. The maximum Gasteiger partial charge on any atom is 0.151 e. The van der Waals surface area contributed by atoms with Gasteiger partial charge in [-0.2, -0.15) is 5.10 Å². The molecule has 0 aliphatic rings. The van der Waals surface area contributed by atoms with E-state index in [1.807, 2.05) is 49.2 Å². The molecule has 0 saturated carbocycles. The summed E-state index contributed by atoms with van der Waals surface area (Å²) in [5, 5.41) is 8.18. The first kappa shape index (κ1) is 12.4. The SMILES string of the molecule is Cc1cccc(CN(C)c2ccc(CN)nn2)n1. The second-order valence-electron chi connectivity index (χ2n) is 4.21. The summed E-state index contributed by atoms with van der Waals surface area (Å²) >= 11 is 0. The van der Waals surface area contributed by atoms with Gasteiger partial charge < -0.3 is 10.6 Å². The number of aryl methyl sites for hydroxylation is 1. The molecule has 0 radical (unpaired) electrons. The molecule has 0 amide bonds. The average Bonchev–Trinajstić information content (AvgIpc) is 2.39. The molecule has 2 rings (SSSR count). The molecule has 2 aromatic rings. The summed E-state index contributed by atoms with van der Waals surface area (Å²) < 4.78 is 0. The number of pyridine rings is 1. The van der Waals surface area contributed by atoms with E-state index in [0.29, 0.717) is 13.1 Å². The number of rotatable bonds is 4. The van der Waals surface area contributed by atoms with E-state index >= 15 is 0 Å². The van der Waals surface area contributed by atoms with Gasteiger partial charge in [0.05, 0.1) is 17.9 Å². The lowest BCUT2D eigenvalue weighted by Crippen LogP contribution is -2.19. The van der Waals surface area contributed by atoms with Crippen molar-refractivity contribution >= 4 is 5.82 Å². The predicted molar refractivity (Wildman–Crippen MR) is 71.0 cm³/mol. The Morgan fingerprint density at radius 3 is 2.56 bits per heavy atom. The van der Waals surface area contributed by atoms with Crippen LogP contribution in [0.15, 0.2) is 30.3 Å². The van der Waals surface area contributed by atoms with Gasteiger partial charge >= 0.3 is 0 Å². The highest BCUT2D eigenvalue weighted by atomic mass is 15.2. The molecule has 2 heterocycles. The van der Waals surface area contributed by atoms with Crippen molar-refractivity contribution in [2.24, 2.45) is 5.73 Å². The Labute approximate surface area is 107 Å². The highest BCUT2D eigenvalue weighted by Gasteiger charge is 2.05. The van der Waals surface area contributed by atoms with Crippen LogP contribution in [0.5, 0.6) is 0 Å². The fourth-order valence-electron chi connectivity index (χ4n) is 1.68. The van der Waals surface area contributed by atoms with Crippen LogP contribution in [0, 0.1) is 6.92 Å². The van der Waals surface area contributed by atoms with Crippen LogP contribution in [-0.4, -0.2) is 22.2 Å². The predicted octanol–water partition coefficient (Wildman–Crippen LogP) is 1.28. The van der Waals surface area contributed by atoms with Crippen LogP contribution in [0.25, 0.3) is 0 Å². The summed E-state index contributed by atoms with van der Waals surface area (Å²) in [4.78, 5) is 6.47. The molecular weight excluding hydrogens is 226 g/mol. The second kappa shape index (κ2) is 5.55. The summed E-state index contributed by atoms with van der Waals surface area (Å²) in [7, 11) is 1.97. The van der Waals surface area contributed by atoms with E-state index in [9.17, 15) is 0 Å². The molecule has 0 aliphatic carbocycles. The molecule has 0 saturated heterocycles. The summed E-state index contributed by atoms with van der Waals surface area (Å²) in [5.41, 5.74) is 8.32. The Bertz CT molecular complexity index is 509. The van der Waals surface area contributed by atoms with Gasteiger partial charge in [-0.25, -0.2) is 0 Å². The maximum atomic E-state index is 5.49. The van der Waals surface area contributed by atoms with E-state index in [4.69, 9.17) is 5.73 Å². The molecule has 18 heavy (non-hydrogen) atoms. The van der Waals surface area contributed by atoms with Crippen molar-refractivity contribution in [3.05, 3.63) is 47.4 Å². The first-order chi connectivity index (χ1) is 8.69. The average molecular weight is 243 g/mol. The molecule has 5 nitrogen and oxygen atoms in total. The smallest absolute Gasteiger partial charge is 0.151 e. The lowest BCUT2D eigenvalue weighted by atomic mass is 10.3.